The summed E-state index contributed by atoms with van der Waals surface area (Å²) in [7, 11) is -6.87. The molecule has 2 aromatic carbocycles. The minimum Gasteiger partial charge on any atom is -0.489 e. The number of hydrogen-bond donors (Lipinski definition) is 2. The van der Waals surface area contributed by atoms with Crippen molar-refractivity contribution in [3.8, 4) is 22.8 Å². The van der Waals surface area contributed by atoms with Gasteiger partial charge in [0.2, 0.25) is 11.8 Å². The van der Waals surface area contributed by atoms with E-state index in [0.717, 1.165) is 27.9 Å². The maximum atomic E-state index is 11.7. The van der Waals surface area contributed by atoms with Gasteiger partial charge in [-0.25, -0.2) is 18.1 Å². The topological polar surface area (TPSA) is 141 Å². The number of aryl methyl sites for hydroxylation is 2. The number of hydrogen-bond acceptors (Lipinski definition) is 8. The number of carbonyl (C=O) groups excluding carboxylic acids is 1. The van der Waals surface area contributed by atoms with E-state index in [1.165, 1.54) is 6.26 Å². The third kappa shape index (κ3) is 8.01. The molecule has 1 aliphatic heterocycles. The van der Waals surface area contributed by atoms with Gasteiger partial charge in [0.1, 0.15) is 22.2 Å². The smallest absolute Gasteiger partial charge is 0.301 e. The van der Waals surface area contributed by atoms with Crippen LogP contribution in [0, 0.1) is 13.8 Å². The quantitative estimate of drug-likeness (QED) is 0.353. The summed E-state index contributed by atoms with van der Waals surface area (Å²) in [5.74, 6) is 0.597. The molecule has 3 aromatic rings. The summed E-state index contributed by atoms with van der Waals surface area (Å²) in [6.45, 7) is 4.48. The average molecular weight is 574 g/mol. The van der Waals surface area contributed by atoms with E-state index >= 15 is 0 Å². The van der Waals surface area contributed by atoms with Crippen LogP contribution in [0.15, 0.2) is 54.6 Å². The van der Waals surface area contributed by atoms with Gasteiger partial charge in [0.25, 0.3) is 0 Å². The molecule has 1 fully saturated rings. The number of amides is 1. The minimum atomic E-state index is -3.84. The molecule has 10 nitrogen and oxygen atoms in total. The fourth-order valence-corrected chi connectivity index (χ4v) is 6.08. The summed E-state index contributed by atoms with van der Waals surface area (Å²) in [5, 5.41) is 0. The summed E-state index contributed by atoms with van der Waals surface area (Å²) in [4.78, 5) is 16.2. The van der Waals surface area contributed by atoms with E-state index in [1.54, 1.807) is 24.3 Å². The molecule has 12 heteroatoms. The fraction of sp³-hybridized carbons (Fsp3) is 0.333. The molecule has 0 spiro atoms. The molecule has 1 saturated heterocycles. The summed E-state index contributed by atoms with van der Waals surface area (Å²) < 4.78 is 62.1. The molecule has 2 N–H and O–H groups in total. The third-order valence-corrected chi connectivity index (χ3v) is 8.24. The highest BCUT2D eigenvalue weighted by Crippen LogP contribution is 2.30. The molecule has 1 amide bonds. The van der Waals surface area contributed by atoms with Crippen LogP contribution >= 0.6 is 0 Å². The van der Waals surface area contributed by atoms with Crippen LogP contribution in [0.4, 0.5) is 0 Å². The second kappa shape index (κ2) is 11.7. The summed E-state index contributed by atoms with van der Waals surface area (Å²) in [6, 6.07) is 16.1. The highest BCUT2D eigenvalue weighted by Gasteiger charge is 2.29. The molecular formula is C27H31N3O7S2. The highest BCUT2D eigenvalue weighted by molar-refractivity contribution is 7.90. The van der Waals surface area contributed by atoms with E-state index in [-0.39, 0.29) is 18.8 Å². The van der Waals surface area contributed by atoms with Crippen molar-refractivity contribution in [1.29, 1.82) is 0 Å². The van der Waals surface area contributed by atoms with E-state index in [1.807, 2.05) is 48.9 Å². The Hall–Kier alpha value is -3.48. The van der Waals surface area contributed by atoms with Crippen LogP contribution in [-0.4, -0.2) is 46.3 Å². The number of ether oxygens (including phenoxy) is 2. The zero-order valence-corrected chi connectivity index (χ0v) is 23.6. The van der Waals surface area contributed by atoms with Crippen molar-refractivity contribution in [3.05, 3.63) is 77.0 Å². The lowest BCUT2D eigenvalue weighted by Crippen LogP contribution is -2.48. The lowest BCUT2D eigenvalue weighted by atomic mass is 9.98. The van der Waals surface area contributed by atoms with Crippen molar-refractivity contribution < 1.29 is 31.1 Å². The van der Waals surface area contributed by atoms with Crippen LogP contribution in [0.3, 0.4) is 0 Å². The SMILES string of the molecule is Cc1cc(OCCCS(C)(=O)=O)nc(C)c1-c1cccc(COc2ccc(C3CC(=O)NS(=O)(=O)N3)cc2)c1. The number of nitrogens with zero attached hydrogens (tertiary/aromatic N) is 1. The molecule has 0 bridgehead atoms. The van der Waals surface area contributed by atoms with E-state index in [2.05, 4.69) is 9.71 Å². The van der Waals surface area contributed by atoms with E-state index in [0.29, 0.717) is 30.2 Å². The largest absolute Gasteiger partial charge is 0.489 e. The zero-order valence-electron chi connectivity index (χ0n) is 21.9. The Kier molecular flexibility index (Phi) is 8.57. The van der Waals surface area contributed by atoms with Crippen LogP contribution in [0.5, 0.6) is 11.6 Å². The predicted octanol–water partition coefficient (Wildman–Crippen LogP) is 3.15. The number of benzene rings is 2. The van der Waals surface area contributed by atoms with Gasteiger partial charge < -0.3 is 9.47 Å². The average Bonchev–Trinajstić information content (AvgIpc) is 2.84. The number of sulfone groups is 1. The van der Waals surface area contributed by atoms with Crippen molar-refractivity contribution >= 4 is 26.0 Å². The standard InChI is InChI=1S/C27H31N3O7S2/c1-18-14-26(36-12-5-13-38(3,32)33)28-19(2)27(18)22-7-4-6-20(15-22)17-37-23-10-8-21(9-11-23)24-16-25(31)30-39(34,35)29-24/h4,6-11,14-15,24,29H,5,12-13,16-17H2,1-3H3,(H,30,31). The summed E-state index contributed by atoms with van der Waals surface area (Å²) >= 11 is 0. The molecule has 0 aliphatic carbocycles. The van der Waals surface area contributed by atoms with Crippen molar-refractivity contribution in [3.63, 3.8) is 0 Å². The second-order valence-electron chi connectivity index (χ2n) is 9.53. The molecule has 1 aliphatic rings. The molecule has 4 rings (SSSR count). The third-order valence-electron chi connectivity index (χ3n) is 6.12. The monoisotopic (exact) mass is 573 g/mol. The Morgan fingerprint density at radius 3 is 2.46 bits per heavy atom. The predicted molar refractivity (Wildman–Crippen MR) is 147 cm³/mol. The van der Waals surface area contributed by atoms with Gasteiger partial charge in [-0.05, 0) is 60.7 Å². The van der Waals surface area contributed by atoms with E-state index in [4.69, 9.17) is 9.47 Å². The molecule has 1 aromatic heterocycles. The first kappa shape index (κ1) is 28.5. The molecule has 0 radical (unpaired) electrons. The van der Waals surface area contributed by atoms with Gasteiger partial charge in [-0.3, -0.25) is 4.79 Å². The minimum absolute atomic E-state index is 0.0240. The van der Waals surface area contributed by atoms with Gasteiger partial charge in [-0.15, -0.1) is 0 Å². The highest BCUT2D eigenvalue weighted by atomic mass is 32.2. The summed E-state index contributed by atoms with van der Waals surface area (Å²) in [5.41, 5.74) is 5.39. The number of aromatic nitrogens is 1. The van der Waals surface area contributed by atoms with Crippen LogP contribution in [0.1, 0.15) is 41.3 Å². The van der Waals surface area contributed by atoms with Crippen LogP contribution < -0.4 is 18.9 Å². The van der Waals surface area contributed by atoms with E-state index < -0.39 is 32.0 Å². The Morgan fingerprint density at radius 1 is 1.05 bits per heavy atom. The van der Waals surface area contributed by atoms with Crippen molar-refractivity contribution in [2.24, 2.45) is 0 Å². The number of carbonyl (C=O) groups is 1. The van der Waals surface area contributed by atoms with Crippen LogP contribution in [-0.2, 0) is 31.4 Å². The molecule has 0 saturated carbocycles. The van der Waals surface area contributed by atoms with Gasteiger partial charge in [-0.2, -0.15) is 13.1 Å². The van der Waals surface area contributed by atoms with Crippen LogP contribution in [0.2, 0.25) is 0 Å². The number of nitrogens with one attached hydrogen (secondary N) is 2. The normalized spacial score (nSPS) is 16.9. The lowest BCUT2D eigenvalue weighted by molar-refractivity contribution is -0.120. The van der Waals surface area contributed by atoms with Gasteiger partial charge >= 0.3 is 10.2 Å². The molecule has 1 atom stereocenters. The maximum Gasteiger partial charge on any atom is 0.301 e. The summed E-state index contributed by atoms with van der Waals surface area (Å²) in [6.07, 6.45) is 1.63. The zero-order chi connectivity index (χ0) is 28.2. The Morgan fingerprint density at radius 2 is 1.79 bits per heavy atom. The van der Waals surface area contributed by atoms with Gasteiger partial charge in [-0.1, -0.05) is 30.3 Å². The fourth-order valence-electron chi connectivity index (χ4n) is 4.41. The maximum absolute atomic E-state index is 11.7. The van der Waals surface area contributed by atoms with E-state index in [9.17, 15) is 21.6 Å². The molecule has 39 heavy (non-hydrogen) atoms. The molecular weight excluding hydrogens is 542 g/mol. The van der Waals surface area contributed by atoms with Gasteiger partial charge in [0, 0.05) is 30.0 Å². The Balaban J connectivity index is 1.39. The number of pyridine rings is 1. The van der Waals surface area contributed by atoms with Crippen molar-refractivity contribution in [1.82, 2.24) is 14.4 Å². The number of rotatable bonds is 10. The first-order valence-corrected chi connectivity index (χ1v) is 15.9. The molecule has 208 valence electrons. The second-order valence-corrected chi connectivity index (χ2v) is 13.2. The Bertz CT molecular complexity index is 1550. The lowest BCUT2D eigenvalue weighted by Gasteiger charge is -2.23. The van der Waals surface area contributed by atoms with Gasteiger partial charge in [0.05, 0.1) is 18.4 Å². The Labute approximate surface area is 228 Å². The van der Waals surface area contributed by atoms with Crippen molar-refractivity contribution in [2.45, 2.75) is 39.3 Å². The van der Waals surface area contributed by atoms with Crippen LogP contribution in [0.25, 0.3) is 11.1 Å². The van der Waals surface area contributed by atoms with Gasteiger partial charge in [0.15, 0.2) is 0 Å². The first-order chi connectivity index (χ1) is 18.4. The molecule has 1 unspecified atom stereocenters. The molecule has 2 heterocycles. The first-order valence-electron chi connectivity index (χ1n) is 12.3. The van der Waals surface area contributed by atoms with Crippen molar-refractivity contribution in [2.75, 3.05) is 18.6 Å².